The minimum atomic E-state index is -0.364. The van der Waals surface area contributed by atoms with Crippen LogP contribution in [-0.2, 0) is 22.6 Å². The normalized spacial score (nSPS) is 11.6. The lowest BCUT2D eigenvalue weighted by Crippen LogP contribution is -3.08. The van der Waals surface area contributed by atoms with Gasteiger partial charge in [-0.3, -0.25) is 4.79 Å². The lowest BCUT2D eigenvalue weighted by Gasteiger charge is -2.15. The number of ether oxygens (including phenoxy) is 1. The van der Waals surface area contributed by atoms with Crippen molar-refractivity contribution >= 4 is 11.9 Å². The summed E-state index contributed by atoms with van der Waals surface area (Å²) in [5.74, 6) is -0.361. The molecule has 0 heterocycles. The summed E-state index contributed by atoms with van der Waals surface area (Å²) in [6.07, 6.45) is 0. The smallest absolute Gasteiger partial charge is 0.337 e. The fraction of sp³-hybridized carbons (Fsp3) is 0.300. The highest BCUT2D eigenvalue weighted by Gasteiger charge is 2.11. The first-order valence-corrected chi connectivity index (χ1v) is 8.29. The first kappa shape index (κ1) is 18.7. The zero-order chi connectivity index (χ0) is 18.2. The number of amides is 1. The zero-order valence-corrected chi connectivity index (χ0v) is 15.0. The molecule has 5 heteroatoms. The Bertz CT molecular complexity index is 726. The Morgan fingerprint density at radius 3 is 2.40 bits per heavy atom. The molecule has 0 spiro atoms. The lowest BCUT2D eigenvalue weighted by molar-refractivity contribution is -0.885. The molecule has 2 aromatic rings. The van der Waals surface area contributed by atoms with Gasteiger partial charge in [-0.2, -0.15) is 0 Å². The summed E-state index contributed by atoms with van der Waals surface area (Å²) in [5.41, 5.74) is 3.94. The Balaban J connectivity index is 1.80. The maximum absolute atomic E-state index is 12.1. The summed E-state index contributed by atoms with van der Waals surface area (Å²) in [7, 11) is 3.36. The van der Waals surface area contributed by atoms with Crippen LogP contribution in [0, 0.1) is 6.92 Å². The monoisotopic (exact) mass is 341 g/mol. The number of benzene rings is 2. The Labute approximate surface area is 148 Å². The molecular formula is C20H25N2O3+. The standard InChI is InChI=1S/C20H24N2O3/c1-15-6-4-5-7-18(15)13-22(2)14-19(23)21-12-16-8-10-17(11-9-16)20(24)25-3/h4-11H,12-14H2,1-3H3,(H,21,23)/p+1. The van der Waals surface area contributed by atoms with Crippen LogP contribution < -0.4 is 10.2 Å². The fourth-order valence-electron chi connectivity index (χ4n) is 2.61. The van der Waals surface area contributed by atoms with E-state index in [1.54, 1.807) is 12.1 Å². The molecule has 0 aliphatic carbocycles. The van der Waals surface area contributed by atoms with Crippen molar-refractivity contribution in [1.29, 1.82) is 0 Å². The van der Waals surface area contributed by atoms with Crippen molar-refractivity contribution in [2.24, 2.45) is 0 Å². The summed E-state index contributed by atoms with van der Waals surface area (Å²) in [6.45, 7) is 3.75. The van der Waals surface area contributed by atoms with Gasteiger partial charge in [-0.15, -0.1) is 0 Å². The molecule has 0 aromatic heterocycles. The number of rotatable bonds is 7. The van der Waals surface area contributed by atoms with E-state index in [0.29, 0.717) is 18.7 Å². The van der Waals surface area contributed by atoms with E-state index in [1.807, 2.05) is 31.3 Å². The highest BCUT2D eigenvalue weighted by molar-refractivity contribution is 5.89. The van der Waals surface area contributed by atoms with Crippen molar-refractivity contribution in [2.75, 3.05) is 20.7 Å². The van der Waals surface area contributed by atoms with Gasteiger partial charge in [0, 0.05) is 12.1 Å². The van der Waals surface area contributed by atoms with E-state index >= 15 is 0 Å². The van der Waals surface area contributed by atoms with E-state index in [4.69, 9.17) is 0 Å². The molecular weight excluding hydrogens is 316 g/mol. The average molecular weight is 341 g/mol. The number of aryl methyl sites for hydroxylation is 1. The van der Waals surface area contributed by atoms with Gasteiger partial charge < -0.3 is 15.0 Å². The molecule has 5 nitrogen and oxygen atoms in total. The van der Waals surface area contributed by atoms with Crippen LogP contribution in [0.4, 0.5) is 0 Å². The van der Waals surface area contributed by atoms with Gasteiger partial charge in [-0.25, -0.2) is 4.79 Å². The molecule has 0 radical (unpaired) electrons. The van der Waals surface area contributed by atoms with Crippen molar-refractivity contribution in [1.82, 2.24) is 5.32 Å². The third-order valence-electron chi connectivity index (χ3n) is 4.08. The molecule has 0 fully saturated rings. The largest absolute Gasteiger partial charge is 0.465 e. The van der Waals surface area contributed by atoms with Gasteiger partial charge in [0.2, 0.25) is 0 Å². The molecule has 1 amide bonds. The maximum Gasteiger partial charge on any atom is 0.337 e. The summed E-state index contributed by atoms with van der Waals surface area (Å²) in [4.78, 5) is 24.6. The van der Waals surface area contributed by atoms with Gasteiger partial charge in [-0.05, 0) is 30.2 Å². The lowest BCUT2D eigenvalue weighted by atomic mass is 10.1. The van der Waals surface area contributed by atoms with Crippen molar-refractivity contribution in [3.8, 4) is 0 Å². The SMILES string of the molecule is COC(=O)c1ccc(CNC(=O)C[NH+](C)Cc2ccccc2C)cc1. The Morgan fingerprint density at radius 1 is 1.08 bits per heavy atom. The molecule has 2 N–H and O–H groups in total. The third-order valence-corrected chi connectivity index (χ3v) is 4.08. The third kappa shape index (κ3) is 5.72. The number of carbonyl (C=O) groups excluding carboxylic acids is 2. The number of nitrogens with one attached hydrogen (secondary N) is 2. The molecule has 132 valence electrons. The molecule has 1 unspecified atom stereocenters. The number of quaternary nitrogens is 1. The number of likely N-dealkylation sites (N-methyl/N-ethyl adjacent to an activating group) is 1. The Hall–Kier alpha value is -2.66. The maximum atomic E-state index is 12.1. The number of carbonyl (C=O) groups is 2. The van der Waals surface area contributed by atoms with Crippen LogP contribution in [0.5, 0.6) is 0 Å². The number of hydrogen-bond acceptors (Lipinski definition) is 3. The second kappa shape index (κ2) is 8.99. The van der Waals surface area contributed by atoms with Crippen LogP contribution in [0.1, 0.15) is 27.0 Å². The predicted octanol–water partition coefficient (Wildman–Crippen LogP) is 1.11. The summed E-state index contributed by atoms with van der Waals surface area (Å²) >= 11 is 0. The Morgan fingerprint density at radius 2 is 1.76 bits per heavy atom. The highest BCUT2D eigenvalue weighted by atomic mass is 16.5. The fourth-order valence-corrected chi connectivity index (χ4v) is 2.61. The van der Waals surface area contributed by atoms with E-state index in [9.17, 15) is 9.59 Å². The van der Waals surface area contributed by atoms with Crippen molar-refractivity contribution in [2.45, 2.75) is 20.0 Å². The van der Waals surface area contributed by atoms with Crippen LogP contribution in [0.2, 0.25) is 0 Å². The van der Waals surface area contributed by atoms with Gasteiger partial charge in [0.15, 0.2) is 6.54 Å². The van der Waals surface area contributed by atoms with E-state index < -0.39 is 0 Å². The second-order valence-corrected chi connectivity index (χ2v) is 6.20. The summed E-state index contributed by atoms with van der Waals surface area (Å²) < 4.78 is 4.66. The molecule has 0 saturated carbocycles. The van der Waals surface area contributed by atoms with E-state index in [2.05, 4.69) is 29.1 Å². The molecule has 2 rings (SSSR count). The Kier molecular flexibility index (Phi) is 6.71. The van der Waals surface area contributed by atoms with Crippen LogP contribution in [0.15, 0.2) is 48.5 Å². The predicted molar refractivity (Wildman–Crippen MR) is 96.3 cm³/mol. The number of hydrogen-bond donors (Lipinski definition) is 2. The van der Waals surface area contributed by atoms with Crippen LogP contribution >= 0.6 is 0 Å². The summed E-state index contributed by atoms with van der Waals surface area (Å²) in [6, 6.07) is 15.2. The van der Waals surface area contributed by atoms with Gasteiger partial charge >= 0.3 is 5.97 Å². The molecule has 0 bridgehead atoms. The van der Waals surface area contributed by atoms with E-state index in [0.717, 1.165) is 17.0 Å². The summed E-state index contributed by atoms with van der Waals surface area (Å²) in [5, 5.41) is 2.92. The molecule has 2 aromatic carbocycles. The van der Waals surface area contributed by atoms with Crippen LogP contribution in [-0.4, -0.2) is 32.6 Å². The van der Waals surface area contributed by atoms with E-state index in [-0.39, 0.29) is 11.9 Å². The van der Waals surface area contributed by atoms with Crippen molar-refractivity contribution in [3.05, 3.63) is 70.8 Å². The number of methoxy groups -OCH3 is 1. The van der Waals surface area contributed by atoms with Gasteiger partial charge in [-0.1, -0.05) is 36.4 Å². The van der Waals surface area contributed by atoms with Gasteiger partial charge in [0.1, 0.15) is 6.54 Å². The van der Waals surface area contributed by atoms with Crippen LogP contribution in [0.25, 0.3) is 0 Å². The van der Waals surface area contributed by atoms with Crippen LogP contribution in [0.3, 0.4) is 0 Å². The van der Waals surface area contributed by atoms with Crippen molar-refractivity contribution in [3.63, 3.8) is 0 Å². The average Bonchev–Trinajstić information content (AvgIpc) is 2.61. The molecule has 0 aliphatic rings. The van der Waals surface area contributed by atoms with Crippen molar-refractivity contribution < 1.29 is 19.2 Å². The van der Waals surface area contributed by atoms with Gasteiger partial charge in [0.05, 0.1) is 19.7 Å². The highest BCUT2D eigenvalue weighted by Crippen LogP contribution is 2.06. The minimum Gasteiger partial charge on any atom is -0.465 e. The minimum absolute atomic E-state index is 0.00290. The second-order valence-electron chi connectivity index (χ2n) is 6.20. The molecule has 0 aliphatic heterocycles. The zero-order valence-electron chi connectivity index (χ0n) is 15.0. The molecule has 0 saturated heterocycles. The molecule has 25 heavy (non-hydrogen) atoms. The first-order chi connectivity index (χ1) is 12.0. The van der Waals surface area contributed by atoms with E-state index in [1.165, 1.54) is 18.2 Å². The quantitative estimate of drug-likeness (QED) is 0.742. The first-order valence-electron chi connectivity index (χ1n) is 8.29. The molecule has 1 atom stereocenters. The number of esters is 1. The van der Waals surface area contributed by atoms with Gasteiger partial charge in [0.25, 0.3) is 5.91 Å². The topological polar surface area (TPSA) is 59.8 Å².